The van der Waals surface area contributed by atoms with Gasteiger partial charge in [0.15, 0.2) is 0 Å². The first-order chi connectivity index (χ1) is 10.8. The molecule has 0 bridgehead atoms. The first kappa shape index (κ1) is 16.4. The number of nitrogens with two attached hydrogens (primary N) is 1. The van der Waals surface area contributed by atoms with Crippen molar-refractivity contribution in [3.05, 3.63) is 33.0 Å². The van der Waals surface area contributed by atoms with E-state index in [9.17, 15) is 13.2 Å². The number of rotatable bonds is 2. The first-order valence-electron chi connectivity index (χ1n) is 7.20. The average molecular weight is 401 g/mol. The zero-order valence-corrected chi connectivity index (χ0v) is 15.0. The molecule has 1 fully saturated rings. The van der Waals surface area contributed by atoms with Gasteiger partial charge >= 0.3 is 0 Å². The normalized spacial score (nSPS) is 17.7. The SMILES string of the molecule is CS(=O)(=O)N1CCC(n2c(N)nc3ccc(Br)cc3c2=O)CC1. The van der Waals surface area contributed by atoms with Crippen molar-refractivity contribution in [2.24, 2.45) is 0 Å². The van der Waals surface area contributed by atoms with E-state index in [1.807, 2.05) is 6.07 Å². The summed E-state index contributed by atoms with van der Waals surface area (Å²) in [6, 6.07) is 5.14. The molecule has 23 heavy (non-hydrogen) atoms. The van der Waals surface area contributed by atoms with Crippen LogP contribution in [0.3, 0.4) is 0 Å². The van der Waals surface area contributed by atoms with Gasteiger partial charge in [-0.15, -0.1) is 0 Å². The molecule has 0 amide bonds. The summed E-state index contributed by atoms with van der Waals surface area (Å²) in [4.78, 5) is 17.1. The number of aromatic nitrogens is 2. The number of anilines is 1. The number of halogens is 1. The van der Waals surface area contributed by atoms with Crippen LogP contribution in [0.2, 0.25) is 0 Å². The molecule has 1 aromatic carbocycles. The summed E-state index contributed by atoms with van der Waals surface area (Å²) in [5.74, 6) is 0.169. The van der Waals surface area contributed by atoms with E-state index in [0.717, 1.165) is 4.47 Å². The number of benzene rings is 1. The standard InChI is InChI=1S/C14H17BrN4O3S/c1-23(21,22)18-6-4-10(5-7-18)19-13(20)11-8-9(15)2-3-12(11)17-14(19)16/h2-3,8,10H,4-7H2,1H3,(H2,16,17). The third kappa shape index (κ3) is 3.13. The molecule has 0 radical (unpaired) electrons. The van der Waals surface area contributed by atoms with Crippen LogP contribution in [0.1, 0.15) is 18.9 Å². The van der Waals surface area contributed by atoms with Gasteiger partial charge in [-0.05, 0) is 31.0 Å². The molecule has 1 aliphatic rings. The van der Waals surface area contributed by atoms with Gasteiger partial charge in [0.2, 0.25) is 16.0 Å². The van der Waals surface area contributed by atoms with Crippen LogP contribution in [-0.2, 0) is 10.0 Å². The summed E-state index contributed by atoms with van der Waals surface area (Å²) >= 11 is 3.35. The number of fused-ring (bicyclic) bond motifs is 1. The first-order valence-corrected chi connectivity index (χ1v) is 9.84. The van der Waals surface area contributed by atoms with Crippen molar-refractivity contribution in [3.8, 4) is 0 Å². The van der Waals surface area contributed by atoms with E-state index >= 15 is 0 Å². The summed E-state index contributed by atoms with van der Waals surface area (Å²) in [6.45, 7) is 0.762. The van der Waals surface area contributed by atoms with Gasteiger partial charge in [0.25, 0.3) is 5.56 Å². The van der Waals surface area contributed by atoms with Crippen LogP contribution in [0.15, 0.2) is 27.5 Å². The van der Waals surface area contributed by atoms with E-state index in [1.165, 1.54) is 15.1 Å². The van der Waals surface area contributed by atoms with Crippen molar-refractivity contribution in [1.82, 2.24) is 13.9 Å². The minimum atomic E-state index is -3.20. The number of nitrogens with zero attached hydrogens (tertiary/aromatic N) is 3. The largest absolute Gasteiger partial charge is 0.369 e. The van der Waals surface area contributed by atoms with E-state index < -0.39 is 10.0 Å². The lowest BCUT2D eigenvalue weighted by molar-refractivity contribution is 0.273. The van der Waals surface area contributed by atoms with Gasteiger partial charge in [-0.1, -0.05) is 15.9 Å². The third-order valence-electron chi connectivity index (χ3n) is 4.15. The maximum Gasteiger partial charge on any atom is 0.263 e. The summed E-state index contributed by atoms with van der Waals surface area (Å²) in [6.07, 6.45) is 2.28. The molecular formula is C14H17BrN4O3S. The third-order valence-corrected chi connectivity index (χ3v) is 5.94. The highest BCUT2D eigenvalue weighted by Crippen LogP contribution is 2.25. The van der Waals surface area contributed by atoms with Crippen molar-refractivity contribution in [2.75, 3.05) is 25.1 Å². The van der Waals surface area contributed by atoms with Crippen LogP contribution >= 0.6 is 15.9 Å². The number of hydrogen-bond donors (Lipinski definition) is 1. The summed E-state index contributed by atoms with van der Waals surface area (Å²) < 4.78 is 26.9. The minimum absolute atomic E-state index is 0.142. The van der Waals surface area contributed by atoms with Crippen LogP contribution in [0.25, 0.3) is 10.9 Å². The molecule has 2 aromatic rings. The second-order valence-corrected chi connectivity index (χ2v) is 8.60. The molecule has 0 atom stereocenters. The van der Waals surface area contributed by atoms with Gasteiger partial charge in [0.05, 0.1) is 17.2 Å². The highest BCUT2D eigenvalue weighted by molar-refractivity contribution is 9.10. The van der Waals surface area contributed by atoms with E-state index in [2.05, 4.69) is 20.9 Å². The lowest BCUT2D eigenvalue weighted by Gasteiger charge is -2.31. The molecule has 2 heterocycles. The molecule has 1 aliphatic heterocycles. The number of nitrogen functional groups attached to an aromatic ring is 1. The van der Waals surface area contributed by atoms with Gasteiger partial charge in [-0.3, -0.25) is 9.36 Å². The van der Waals surface area contributed by atoms with Gasteiger partial charge in [-0.2, -0.15) is 0 Å². The van der Waals surface area contributed by atoms with Crippen LogP contribution in [0, 0.1) is 0 Å². The summed E-state index contributed by atoms with van der Waals surface area (Å²) in [5, 5.41) is 0.499. The number of sulfonamides is 1. The topological polar surface area (TPSA) is 98.3 Å². The van der Waals surface area contributed by atoms with Gasteiger partial charge in [0, 0.05) is 23.6 Å². The molecule has 0 saturated carbocycles. The Balaban J connectivity index is 1.99. The second kappa shape index (κ2) is 5.88. The smallest absolute Gasteiger partial charge is 0.263 e. The van der Waals surface area contributed by atoms with Crippen LogP contribution in [0.5, 0.6) is 0 Å². The average Bonchev–Trinajstić information content (AvgIpc) is 2.48. The fourth-order valence-electron chi connectivity index (χ4n) is 2.97. The Morgan fingerprint density at radius 1 is 1.30 bits per heavy atom. The van der Waals surface area contributed by atoms with Crippen LogP contribution in [0.4, 0.5) is 5.95 Å². The van der Waals surface area contributed by atoms with Crippen molar-refractivity contribution in [3.63, 3.8) is 0 Å². The molecule has 1 aromatic heterocycles. The number of hydrogen-bond acceptors (Lipinski definition) is 5. The molecule has 2 N–H and O–H groups in total. The minimum Gasteiger partial charge on any atom is -0.369 e. The molecule has 7 nitrogen and oxygen atoms in total. The summed E-state index contributed by atoms with van der Waals surface area (Å²) in [7, 11) is -3.20. The Morgan fingerprint density at radius 3 is 2.57 bits per heavy atom. The second-order valence-electron chi connectivity index (χ2n) is 5.70. The molecule has 0 aliphatic carbocycles. The van der Waals surface area contributed by atoms with Crippen molar-refractivity contribution in [1.29, 1.82) is 0 Å². The molecule has 1 saturated heterocycles. The molecule has 3 rings (SSSR count). The van der Waals surface area contributed by atoms with E-state index in [-0.39, 0.29) is 17.5 Å². The van der Waals surface area contributed by atoms with E-state index in [1.54, 1.807) is 12.1 Å². The molecular weight excluding hydrogens is 384 g/mol. The van der Waals surface area contributed by atoms with Crippen molar-refractivity contribution in [2.45, 2.75) is 18.9 Å². The van der Waals surface area contributed by atoms with Gasteiger partial charge in [-0.25, -0.2) is 17.7 Å². The predicted molar refractivity (Wildman–Crippen MR) is 92.8 cm³/mol. The molecule has 0 spiro atoms. The zero-order valence-electron chi connectivity index (χ0n) is 12.6. The quantitative estimate of drug-likeness (QED) is 0.819. The summed E-state index contributed by atoms with van der Waals surface area (Å²) in [5.41, 5.74) is 6.35. The Bertz CT molecular complexity index is 917. The van der Waals surface area contributed by atoms with Gasteiger partial charge < -0.3 is 5.73 Å². The van der Waals surface area contributed by atoms with Crippen LogP contribution < -0.4 is 11.3 Å². The van der Waals surface area contributed by atoms with E-state index in [4.69, 9.17) is 5.73 Å². The molecule has 124 valence electrons. The fraction of sp³-hybridized carbons (Fsp3) is 0.429. The lowest BCUT2D eigenvalue weighted by Crippen LogP contribution is -2.41. The van der Waals surface area contributed by atoms with E-state index in [0.29, 0.717) is 36.8 Å². The molecule has 0 unspecified atom stereocenters. The highest BCUT2D eigenvalue weighted by Gasteiger charge is 2.27. The molecule has 9 heteroatoms. The number of piperidine rings is 1. The fourth-order valence-corrected chi connectivity index (χ4v) is 4.21. The zero-order chi connectivity index (χ0) is 16.8. The Kier molecular flexibility index (Phi) is 4.19. The van der Waals surface area contributed by atoms with Gasteiger partial charge in [0.1, 0.15) is 0 Å². The van der Waals surface area contributed by atoms with Crippen molar-refractivity contribution >= 4 is 42.8 Å². The Morgan fingerprint density at radius 2 is 1.96 bits per heavy atom. The lowest BCUT2D eigenvalue weighted by atomic mass is 10.1. The Labute approximate surface area is 142 Å². The van der Waals surface area contributed by atoms with Crippen molar-refractivity contribution < 1.29 is 8.42 Å². The Hall–Kier alpha value is -1.45. The monoisotopic (exact) mass is 400 g/mol. The van der Waals surface area contributed by atoms with Crippen LogP contribution in [-0.4, -0.2) is 41.6 Å². The maximum absolute atomic E-state index is 12.8. The maximum atomic E-state index is 12.8. The highest BCUT2D eigenvalue weighted by atomic mass is 79.9. The predicted octanol–water partition coefficient (Wildman–Crippen LogP) is 1.34.